The fraction of sp³-hybridized carbons (Fsp3) is 0.647. The lowest BCUT2D eigenvalue weighted by Crippen LogP contribution is -2.41. The Morgan fingerprint density at radius 3 is 2.86 bits per heavy atom. The molecule has 0 amide bonds. The Morgan fingerprint density at radius 2 is 2.14 bits per heavy atom. The number of hydrogen-bond acceptors (Lipinski definition) is 3. The van der Waals surface area contributed by atoms with Crippen LogP contribution in [0.15, 0.2) is 18.2 Å². The Hall–Kier alpha value is -1.13. The molecular weight excluding hydrogens is 269 g/mol. The van der Waals surface area contributed by atoms with Gasteiger partial charge in [0.2, 0.25) is 0 Å². The summed E-state index contributed by atoms with van der Waals surface area (Å²) >= 11 is 0. The van der Waals surface area contributed by atoms with E-state index in [0.29, 0.717) is 24.1 Å². The van der Waals surface area contributed by atoms with Gasteiger partial charge >= 0.3 is 0 Å². The summed E-state index contributed by atoms with van der Waals surface area (Å²) in [5, 5.41) is 10.3. The number of piperidine rings is 1. The minimum Gasteiger partial charge on any atom is -0.496 e. The molecule has 118 valence electrons. The Labute approximate surface area is 126 Å². The maximum Gasteiger partial charge on any atom is 0.132 e. The number of rotatable bonds is 5. The smallest absolute Gasteiger partial charge is 0.132 e. The van der Waals surface area contributed by atoms with Crippen LogP contribution in [0.4, 0.5) is 4.39 Å². The zero-order valence-electron chi connectivity index (χ0n) is 13.2. The molecule has 1 aliphatic heterocycles. The van der Waals surface area contributed by atoms with Gasteiger partial charge in [0.05, 0.1) is 18.8 Å². The Kier molecular flexibility index (Phi) is 5.59. The van der Waals surface area contributed by atoms with Crippen LogP contribution >= 0.6 is 0 Å². The molecule has 1 heterocycles. The van der Waals surface area contributed by atoms with Crippen LogP contribution in [0.25, 0.3) is 0 Å². The lowest BCUT2D eigenvalue weighted by molar-refractivity contribution is 0.0883. The van der Waals surface area contributed by atoms with Gasteiger partial charge in [-0.25, -0.2) is 4.39 Å². The molecule has 1 aromatic rings. The normalized spacial score (nSPS) is 24.8. The molecule has 1 aromatic carbocycles. The average molecular weight is 295 g/mol. The monoisotopic (exact) mass is 295 g/mol. The molecule has 0 aliphatic carbocycles. The molecule has 0 bridgehead atoms. The quantitative estimate of drug-likeness (QED) is 0.904. The minimum absolute atomic E-state index is 0.276. The molecule has 3 atom stereocenters. The molecule has 21 heavy (non-hydrogen) atoms. The lowest BCUT2D eigenvalue weighted by Gasteiger charge is -2.37. The third kappa shape index (κ3) is 3.95. The number of ether oxygens (including phenoxy) is 1. The summed E-state index contributed by atoms with van der Waals surface area (Å²) in [4.78, 5) is 2.39. The number of aliphatic hydroxyl groups is 1. The van der Waals surface area contributed by atoms with Crippen LogP contribution in [0.3, 0.4) is 0 Å². The molecule has 1 aliphatic rings. The average Bonchev–Trinajstić information content (AvgIpc) is 2.47. The van der Waals surface area contributed by atoms with Gasteiger partial charge < -0.3 is 14.7 Å². The van der Waals surface area contributed by atoms with E-state index in [9.17, 15) is 9.50 Å². The van der Waals surface area contributed by atoms with E-state index in [4.69, 9.17) is 4.74 Å². The van der Waals surface area contributed by atoms with Crippen molar-refractivity contribution in [3.8, 4) is 5.75 Å². The van der Waals surface area contributed by atoms with E-state index in [2.05, 4.69) is 18.7 Å². The SMILES string of the molecule is COc1cccc(F)c1C(O)CCN1CC(C)CCC1C. The van der Waals surface area contributed by atoms with E-state index < -0.39 is 11.9 Å². The second-order valence-corrected chi connectivity index (χ2v) is 6.19. The molecule has 2 rings (SSSR count). The van der Waals surface area contributed by atoms with Crippen molar-refractivity contribution in [3.05, 3.63) is 29.6 Å². The highest BCUT2D eigenvalue weighted by Gasteiger charge is 2.24. The fourth-order valence-electron chi connectivity index (χ4n) is 3.14. The van der Waals surface area contributed by atoms with Gasteiger partial charge in [-0.2, -0.15) is 0 Å². The van der Waals surface area contributed by atoms with Crippen molar-refractivity contribution in [2.75, 3.05) is 20.2 Å². The first-order valence-electron chi connectivity index (χ1n) is 7.77. The summed E-state index contributed by atoms with van der Waals surface area (Å²) in [7, 11) is 1.50. The summed E-state index contributed by atoms with van der Waals surface area (Å²) in [6.45, 7) is 6.32. The molecule has 1 fully saturated rings. The third-order valence-electron chi connectivity index (χ3n) is 4.50. The zero-order valence-corrected chi connectivity index (χ0v) is 13.2. The van der Waals surface area contributed by atoms with Crippen molar-refractivity contribution in [3.63, 3.8) is 0 Å². The van der Waals surface area contributed by atoms with E-state index >= 15 is 0 Å². The molecule has 0 radical (unpaired) electrons. The molecule has 0 spiro atoms. The maximum atomic E-state index is 13.9. The van der Waals surface area contributed by atoms with Crippen molar-refractivity contribution in [2.24, 2.45) is 5.92 Å². The lowest BCUT2D eigenvalue weighted by atomic mass is 9.94. The van der Waals surface area contributed by atoms with Crippen LogP contribution in [-0.4, -0.2) is 36.2 Å². The predicted octanol–water partition coefficient (Wildman–Crippen LogP) is 3.38. The first-order chi connectivity index (χ1) is 10.0. The summed E-state index contributed by atoms with van der Waals surface area (Å²) in [6.07, 6.45) is 2.15. The second-order valence-electron chi connectivity index (χ2n) is 6.19. The number of aliphatic hydroxyl groups excluding tert-OH is 1. The van der Waals surface area contributed by atoms with Crippen molar-refractivity contribution in [1.82, 2.24) is 4.90 Å². The van der Waals surface area contributed by atoms with Crippen molar-refractivity contribution >= 4 is 0 Å². The predicted molar refractivity (Wildman–Crippen MR) is 82.0 cm³/mol. The first kappa shape index (κ1) is 16.2. The standard InChI is InChI=1S/C17H26FNO2/c1-12-7-8-13(2)19(11-12)10-9-15(20)17-14(18)5-4-6-16(17)21-3/h4-6,12-13,15,20H,7-11H2,1-3H3. The second kappa shape index (κ2) is 7.23. The number of benzene rings is 1. The molecule has 0 aromatic heterocycles. The van der Waals surface area contributed by atoms with Crippen LogP contribution in [0.5, 0.6) is 5.75 Å². The highest BCUT2D eigenvalue weighted by molar-refractivity contribution is 5.36. The van der Waals surface area contributed by atoms with Crippen LogP contribution in [-0.2, 0) is 0 Å². The molecule has 3 unspecified atom stereocenters. The number of methoxy groups -OCH3 is 1. The Balaban J connectivity index is 2.00. The molecule has 3 nitrogen and oxygen atoms in total. The highest BCUT2D eigenvalue weighted by atomic mass is 19.1. The van der Waals surface area contributed by atoms with Crippen LogP contribution in [0.1, 0.15) is 44.8 Å². The summed E-state index contributed by atoms with van der Waals surface area (Å²) in [5.74, 6) is 0.714. The summed E-state index contributed by atoms with van der Waals surface area (Å²) in [5.41, 5.74) is 0.276. The first-order valence-corrected chi connectivity index (χ1v) is 7.77. The van der Waals surface area contributed by atoms with Crippen LogP contribution < -0.4 is 4.74 Å². The highest BCUT2D eigenvalue weighted by Crippen LogP contribution is 2.30. The van der Waals surface area contributed by atoms with Crippen molar-refractivity contribution in [1.29, 1.82) is 0 Å². The molecular formula is C17H26FNO2. The van der Waals surface area contributed by atoms with E-state index in [0.717, 1.165) is 13.1 Å². The summed E-state index contributed by atoms with van der Waals surface area (Å²) in [6, 6.07) is 5.19. The van der Waals surface area contributed by atoms with Gasteiger partial charge in [0.25, 0.3) is 0 Å². The topological polar surface area (TPSA) is 32.7 Å². The molecule has 4 heteroatoms. The van der Waals surface area contributed by atoms with Gasteiger partial charge in [-0.3, -0.25) is 0 Å². The fourth-order valence-corrected chi connectivity index (χ4v) is 3.14. The molecule has 0 saturated carbocycles. The number of hydrogen-bond donors (Lipinski definition) is 1. The largest absolute Gasteiger partial charge is 0.496 e. The van der Waals surface area contributed by atoms with Gasteiger partial charge in [-0.1, -0.05) is 13.0 Å². The number of halogens is 1. The minimum atomic E-state index is -0.828. The van der Waals surface area contributed by atoms with Crippen molar-refractivity contribution < 1.29 is 14.2 Å². The van der Waals surface area contributed by atoms with Crippen LogP contribution in [0, 0.1) is 11.7 Å². The van der Waals surface area contributed by atoms with Gasteiger partial charge in [0.15, 0.2) is 0 Å². The van der Waals surface area contributed by atoms with E-state index in [1.807, 2.05) is 0 Å². The van der Waals surface area contributed by atoms with E-state index in [1.54, 1.807) is 12.1 Å². The third-order valence-corrected chi connectivity index (χ3v) is 4.50. The molecule has 1 saturated heterocycles. The zero-order chi connectivity index (χ0) is 15.4. The molecule has 1 N–H and O–H groups in total. The summed E-state index contributed by atoms with van der Waals surface area (Å²) < 4.78 is 19.1. The van der Waals surface area contributed by atoms with Gasteiger partial charge in [0.1, 0.15) is 11.6 Å². The van der Waals surface area contributed by atoms with Crippen molar-refractivity contribution in [2.45, 2.75) is 45.3 Å². The van der Waals surface area contributed by atoms with Crippen LogP contribution in [0.2, 0.25) is 0 Å². The number of nitrogens with zero attached hydrogens (tertiary/aromatic N) is 1. The Bertz CT molecular complexity index is 466. The maximum absolute atomic E-state index is 13.9. The van der Waals surface area contributed by atoms with Gasteiger partial charge in [-0.05, 0) is 44.2 Å². The van der Waals surface area contributed by atoms with E-state index in [-0.39, 0.29) is 5.56 Å². The Morgan fingerprint density at radius 1 is 1.38 bits per heavy atom. The van der Waals surface area contributed by atoms with E-state index in [1.165, 1.54) is 26.0 Å². The van der Waals surface area contributed by atoms with Gasteiger partial charge in [0, 0.05) is 19.1 Å². The number of likely N-dealkylation sites (tertiary alicyclic amines) is 1. The van der Waals surface area contributed by atoms with Gasteiger partial charge in [-0.15, -0.1) is 0 Å².